The molecule has 7 nitrogen and oxygen atoms in total. The number of rotatable bonds is 2. The fourth-order valence-corrected chi connectivity index (χ4v) is 1.99. The molecule has 1 aliphatic heterocycles. The smallest absolute Gasteiger partial charge is 0.330 e. The molecule has 1 aliphatic rings. The first-order valence-corrected chi connectivity index (χ1v) is 5.51. The number of hydrogen-bond acceptors (Lipinski definition) is 4. The molecule has 1 saturated heterocycles. The summed E-state index contributed by atoms with van der Waals surface area (Å²) in [7, 11) is 0. The maximum Gasteiger partial charge on any atom is 0.330 e. The van der Waals surface area contributed by atoms with Crippen LogP contribution in [0.25, 0.3) is 4.85 Å². The van der Waals surface area contributed by atoms with Gasteiger partial charge in [-0.15, -0.1) is 0 Å². The summed E-state index contributed by atoms with van der Waals surface area (Å²) in [6.45, 7) is 8.32. The zero-order valence-electron chi connectivity index (χ0n) is 9.79. The zero-order valence-corrected chi connectivity index (χ0v) is 9.79. The van der Waals surface area contributed by atoms with E-state index in [4.69, 9.17) is 16.4 Å². The van der Waals surface area contributed by atoms with Crippen LogP contribution in [0.2, 0.25) is 0 Å². The van der Waals surface area contributed by atoms with E-state index in [1.807, 2.05) is 0 Å². The molecule has 0 spiro atoms. The van der Waals surface area contributed by atoms with E-state index in [0.29, 0.717) is 12.0 Å². The van der Waals surface area contributed by atoms with Gasteiger partial charge in [0.2, 0.25) is 0 Å². The summed E-state index contributed by atoms with van der Waals surface area (Å²) in [5.74, 6) is 0. The number of nitrogens with one attached hydrogen (secondary N) is 1. The largest absolute Gasteiger partial charge is 0.393 e. The van der Waals surface area contributed by atoms with Crippen molar-refractivity contribution in [3.63, 3.8) is 0 Å². The van der Waals surface area contributed by atoms with Crippen molar-refractivity contribution in [1.29, 1.82) is 0 Å². The Morgan fingerprint density at radius 3 is 2.94 bits per heavy atom. The maximum atomic E-state index is 11.7. The second kappa shape index (κ2) is 4.76. The average molecular weight is 251 g/mol. The first kappa shape index (κ1) is 12.5. The molecule has 1 aromatic heterocycles. The van der Waals surface area contributed by atoms with Crippen LogP contribution in [0.3, 0.4) is 0 Å². The molecule has 2 heterocycles. The molecular formula is C11H13N3O4. The molecule has 0 aliphatic carbocycles. The third-order valence-corrected chi connectivity index (χ3v) is 3.01. The highest BCUT2D eigenvalue weighted by molar-refractivity contribution is 5.03. The van der Waals surface area contributed by atoms with Gasteiger partial charge in [0.05, 0.1) is 13.0 Å². The second-order valence-corrected chi connectivity index (χ2v) is 4.22. The molecule has 2 N–H and O–H groups in total. The molecule has 96 valence electrons. The van der Waals surface area contributed by atoms with Crippen molar-refractivity contribution in [2.45, 2.75) is 31.7 Å². The Labute approximate surface area is 102 Å². The van der Waals surface area contributed by atoms with Gasteiger partial charge in [0.25, 0.3) is 11.6 Å². The van der Waals surface area contributed by atoms with E-state index >= 15 is 0 Å². The van der Waals surface area contributed by atoms with Gasteiger partial charge < -0.3 is 14.7 Å². The first-order valence-electron chi connectivity index (χ1n) is 5.51. The standard InChI is InChI=1S/C11H13N3O4/c1-6-4-14(11(17)13-10(6)16)9-3-7(12-2)8(5-15)18-9/h4,7-9,15H,3,5H2,1H3,(H,13,16,17). The Bertz CT molecular complexity index is 598. The summed E-state index contributed by atoms with van der Waals surface area (Å²) in [6.07, 6.45) is 0.517. The summed E-state index contributed by atoms with van der Waals surface area (Å²) in [5, 5.41) is 9.09. The summed E-state index contributed by atoms with van der Waals surface area (Å²) in [5.41, 5.74) is -0.613. The maximum absolute atomic E-state index is 11.7. The van der Waals surface area contributed by atoms with Crippen LogP contribution < -0.4 is 11.2 Å². The minimum absolute atomic E-state index is 0.263. The van der Waals surface area contributed by atoms with E-state index < -0.39 is 29.6 Å². The normalized spacial score (nSPS) is 27.1. The highest BCUT2D eigenvalue weighted by atomic mass is 16.5. The predicted octanol–water partition coefficient (Wildman–Crippen LogP) is -0.587. The van der Waals surface area contributed by atoms with Crippen LogP contribution in [0.1, 0.15) is 18.2 Å². The van der Waals surface area contributed by atoms with Crippen molar-refractivity contribution >= 4 is 0 Å². The number of aliphatic hydroxyl groups excluding tert-OH is 1. The van der Waals surface area contributed by atoms with Crippen LogP contribution in [0, 0.1) is 13.5 Å². The van der Waals surface area contributed by atoms with Gasteiger partial charge >= 0.3 is 5.69 Å². The van der Waals surface area contributed by atoms with Crippen LogP contribution in [-0.4, -0.2) is 33.4 Å². The summed E-state index contributed by atoms with van der Waals surface area (Å²) in [6, 6.07) is -0.473. The van der Waals surface area contributed by atoms with Crippen molar-refractivity contribution in [2.24, 2.45) is 0 Å². The molecule has 0 saturated carbocycles. The number of aromatic nitrogens is 2. The van der Waals surface area contributed by atoms with Gasteiger partial charge in [-0.1, -0.05) is 0 Å². The number of nitrogens with zero attached hydrogens (tertiary/aromatic N) is 2. The molecule has 0 radical (unpaired) electrons. The molecule has 0 amide bonds. The quantitative estimate of drug-likeness (QED) is 0.688. The summed E-state index contributed by atoms with van der Waals surface area (Å²) < 4.78 is 6.71. The summed E-state index contributed by atoms with van der Waals surface area (Å²) in [4.78, 5) is 28.5. The third-order valence-electron chi connectivity index (χ3n) is 3.01. The fraction of sp³-hybridized carbons (Fsp3) is 0.545. The van der Waals surface area contributed by atoms with E-state index in [1.165, 1.54) is 10.8 Å². The van der Waals surface area contributed by atoms with Crippen LogP contribution in [-0.2, 0) is 4.74 Å². The molecule has 1 aromatic rings. The number of ether oxygens (including phenoxy) is 1. The van der Waals surface area contributed by atoms with E-state index in [0.717, 1.165) is 0 Å². The first-order chi connectivity index (χ1) is 8.56. The highest BCUT2D eigenvalue weighted by Gasteiger charge is 2.40. The minimum Gasteiger partial charge on any atom is -0.393 e. The summed E-state index contributed by atoms with van der Waals surface area (Å²) >= 11 is 0. The number of aryl methyl sites for hydroxylation is 1. The molecule has 3 unspecified atom stereocenters. The second-order valence-electron chi connectivity index (χ2n) is 4.22. The Hall–Kier alpha value is -1.91. The van der Waals surface area contributed by atoms with Crippen LogP contribution >= 0.6 is 0 Å². The van der Waals surface area contributed by atoms with Gasteiger partial charge in [0.15, 0.2) is 6.10 Å². The number of hydrogen-bond donors (Lipinski definition) is 2. The topological polar surface area (TPSA) is 88.7 Å². The van der Waals surface area contributed by atoms with Gasteiger partial charge in [-0.05, 0) is 6.92 Å². The Morgan fingerprint density at radius 2 is 2.39 bits per heavy atom. The van der Waals surface area contributed by atoms with Gasteiger partial charge in [-0.3, -0.25) is 14.3 Å². The molecule has 3 atom stereocenters. The van der Waals surface area contributed by atoms with Crippen molar-refractivity contribution in [2.75, 3.05) is 6.61 Å². The van der Waals surface area contributed by atoms with E-state index in [-0.39, 0.29) is 6.61 Å². The van der Waals surface area contributed by atoms with Crippen LogP contribution in [0.4, 0.5) is 0 Å². The zero-order chi connectivity index (χ0) is 13.3. The van der Waals surface area contributed by atoms with Crippen molar-refractivity contribution < 1.29 is 9.84 Å². The monoisotopic (exact) mass is 251 g/mol. The molecule has 7 heteroatoms. The van der Waals surface area contributed by atoms with Gasteiger partial charge in [0, 0.05) is 11.8 Å². The van der Waals surface area contributed by atoms with Crippen molar-refractivity contribution in [3.8, 4) is 0 Å². The third kappa shape index (κ3) is 2.08. The molecular weight excluding hydrogens is 238 g/mol. The van der Waals surface area contributed by atoms with E-state index in [2.05, 4.69) is 9.83 Å². The van der Waals surface area contributed by atoms with Gasteiger partial charge in [-0.25, -0.2) is 11.4 Å². The Morgan fingerprint density at radius 1 is 1.67 bits per heavy atom. The Balaban J connectivity index is 2.35. The predicted molar refractivity (Wildman–Crippen MR) is 62.1 cm³/mol. The minimum atomic E-state index is -0.621. The lowest BCUT2D eigenvalue weighted by atomic mass is 10.1. The molecule has 0 bridgehead atoms. The lowest BCUT2D eigenvalue weighted by molar-refractivity contribution is -0.0255. The van der Waals surface area contributed by atoms with Crippen LogP contribution in [0.5, 0.6) is 0 Å². The molecule has 2 rings (SSSR count). The molecule has 0 aromatic carbocycles. The molecule has 1 fully saturated rings. The van der Waals surface area contributed by atoms with Crippen molar-refractivity contribution in [3.05, 3.63) is 44.0 Å². The molecule has 18 heavy (non-hydrogen) atoms. The number of aromatic amines is 1. The average Bonchev–Trinajstić information content (AvgIpc) is 2.76. The van der Waals surface area contributed by atoms with Crippen molar-refractivity contribution in [1.82, 2.24) is 9.55 Å². The van der Waals surface area contributed by atoms with E-state index in [9.17, 15) is 9.59 Å². The number of aliphatic hydroxyl groups is 1. The fourth-order valence-electron chi connectivity index (χ4n) is 1.99. The SMILES string of the molecule is [C-]#[N+]C1CC(n2cc(C)c(=O)[nH]c2=O)OC1CO. The Kier molecular flexibility index (Phi) is 3.32. The highest BCUT2D eigenvalue weighted by Crippen LogP contribution is 2.29. The van der Waals surface area contributed by atoms with Gasteiger partial charge in [-0.2, -0.15) is 0 Å². The van der Waals surface area contributed by atoms with E-state index in [1.54, 1.807) is 6.92 Å². The number of H-pyrrole nitrogens is 1. The van der Waals surface area contributed by atoms with Gasteiger partial charge in [0.1, 0.15) is 6.23 Å². The lowest BCUT2D eigenvalue weighted by Gasteiger charge is -2.13. The lowest BCUT2D eigenvalue weighted by Crippen LogP contribution is -2.33. The van der Waals surface area contributed by atoms with Crippen LogP contribution in [0.15, 0.2) is 15.8 Å².